The van der Waals surface area contributed by atoms with Crippen LogP contribution in [0.4, 0.5) is 18.0 Å². The van der Waals surface area contributed by atoms with Crippen LogP contribution < -0.4 is 5.69 Å². The van der Waals surface area contributed by atoms with Crippen LogP contribution in [-0.2, 0) is 10.9 Å². The SMILES string of the molecule is CCOC(=O)n1c(-c2ccnn2-c2ccc(C#N)cc2)c(C)n(-c2cccc(C(F)(F)F)c2)c1=O. The highest BCUT2D eigenvalue weighted by Crippen LogP contribution is 2.32. The number of hydrogen-bond donors (Lipinski definition) is 0. The second-order valence-electron chi connectivity index (χ2n) is 7.42. The molecule has 0 spiro atoms. The summed E-state index contributed by atoms with van der Waals surface area (Å²) in [5.41, 5.74) is -0.280. The van der Waals surface area contributed by atoms with E-state index in [4.69, 9.17) is 10.00 Å². The molecular weight excluding hydrogens is 463 g/mol. The number of imidazole rings is 1. The molecule has 0 atom stereocenters. The van der Waals surface area contributed by atoms with Gasteiger partial charge in [-0.15, -0.1) is 0 Å². The van der Waals surface area contributed by atoms with Gasteiger partial charge < -0.3 is 4.74 Å². The smallest absolute Gasteiger partial charge is 0.422 e. The van der Waals surface area contributed by atoms with Crippen molar-refractivity contribution >= 4 is 6.09 Å². The van der Waals surface area contributed by atoms with Crippen LogP contribution in [0.25, 0.3) is 22.8 Å². The number of carbonyl (C=O) groups is 1. The molecule has 0 radical (unpaired) electrons. The number of hydrogen-bond acceptors (Lipinski definition) is 5. The summed E-state index contributed by atoms with van der Waals surface area (Å²) in [6.07, 6.45) is -4.14. The molecule has 4 aromatic rings. The van der Waals surface area contributed by atoms with E-state index in [2.05, 4.69) is 5.10 Å². The Kier molecular flexibility index (Phi) is 6.05. The van der Waals surface area contributed by atoms with E-state index in [0.717, 1.165) is 21.3 Å². The first-order valence-electron chi connectivity index (χ1n) is 10.4. The van der Waals surface area contributed by atoms with E-state index in [1.165, 1.54) is 29.9 Å². The monoisotopic (exact) mass is 481 g/mol. The maximum atomic E-state index is 13.4. The van der Waals surface area contributed by atoms with Crippen LogP contribution in [0.15, 0.2) is 65.6 Å². The lowest BCUT2D eigenvalue weighted by atomic mass is 10.2. The van der Waals surface area contributed by atoms with Gasteiger partial charge >= 0.3 is 18.0 Å². The largest absolute Gasteiger partial charge is 0.449 e. The first-order valence-corrected chi connectivity index (χ1v) is 10.4. The molecule has 2 aromatic carbocycles. The first-order chi connectivity index (χ1) is 16.7. The Hall–Kier alpha value is -4.59. The molecule has 178 valence electrons. The molecule has 0 aliphatic rings. The molecule has 2 aromatic heterocycles. The van der Waals surface area contributed by atoms with Gasteiger partial charge in [0.15, 0.2) is 0 Å². The van der Waals surface area contributed by atoms with Crippen molar-refractivity contribution in [1.82, 2.24) is 18.9 Å². The van der Waals surface area contributed by atoms with Crippen molar-refractivity contribution in [3.8, 4) is 28.8 Å². The third-order valence-electron chi connectivity index (χ3n) is 5.29. The highest BCUT2D eigenvalue weighted by atomic mass is 19.4. The fourth-order valence-electron chi connectivity index (χ4n) is 3.76. The highest BCUT2D eigenvalue weighted by Gasteiger charge is 2.32. The molecule has 4 rings (SSSR count). The van der Waals surface area contributed by atoms with E-state index in [9.17, 15) is 22.8 Å². The van der Waals surface area contributed by atoms with Crippen LogP contribution in [0.3, 0.4) is 0 Å². The number of rotatable bonds is 4. The van der Waals surface area contributed by atoms with E-state index in [1.807, 2.05) is 6.07 Å². The van der Waals surface area contributed by atoms with Gasteiger partial charge in [0, 0.05) is 0 Å². The maximum Gasteiger partial charge on any atom is 0.422 e. The lowest BCUT2D eigenvalue weighted by Gasteiger charge is -2.11. The summed E-state index contributed by atoms with van der Waals surface area (Å²) in [4.78, 5) is 26.2. The lowest BCUT2D eigenvalue weighted by molar-refractivity contribution is -0.137. The predicted molar refractivity (Wildman–Crippen MR) is 119 cm³/mol. The topological polar surface area (TPSA) is 94.8 Å². The third-order valence-corrected chi connectivity index (χ3v) is 5.29. The van der Waals surface area contributed by atoms with Gasteiger partial charge in [-0.2, -0.15) is 28.1 Å². The Morgan fingerprint density at radius 2 is 1.83 bits per heavy atom. The van der Waals surface area contributed by atoms with Crippen LogP contribution in [-0.4, -0.2) is 31.6 Å². The average Bonchev–Trinajstić information content (AvgIpc) is 3.40. The number of ether oxygens (including phenoxy) is 1. The van der Waals surface area contributed by atoms with Crippen molar-refractivity contribution in [2.75, 3.05) is 6.61 Å². The molecular formula is C24H18F3N5O3. The zero-order valence-corrected chi connectivity index (χ0v) is 18.6. The Morgan fingerprint density at radius 1 is 1.11 bits per heavy atom. The standard InChI is InChI=1S/C24H18F3N5O3/c1-3-35-23(34)31-21(20-11-12-29-32(20)18-9-7-16(14-28)8-10-18)15(2)30(22(31)33)19-6-4-5-17(13-19)24(25,26)27/h4-13H,3H2,1-2H3. The summed E-state index contributed by atoms with van der Waals surface area (Å²) in [6, 6.07) is 14.3. The molecule has 0 fully saturated rings. The quantitative estimate of drug-likeness (QED) is 0.421. The van der Waals surface area contributed by atoms with Crippen LogP contribution in [0.2, 0.25) is 0 Å². The van der Waals surface area contributed by atoms with Gasteiger partial charge in [0.05, 0.1) is 52.8 Å². The fraction of sp³-hybridized carbons (Fsp3) is 0.167. The zero-order chi connectivity index (χ0) is 25.3. The van der Waals surface area contributed by atoms with E-state index in [1.54, 1.807) is 37.3 Å². The normalized spacial score (nSPS) is 11.3. The highest BCUT2D eigenvalue weighted by molar-refractivity contribution is 5.79. The molecule has 0 aliphatic carbocycles. The summed E-state index contributed by atoms with van der Waals surface area (Å²) >= 11 is 0. The summed E-state index contributed by atoms with van der Waals surface area (Å²) in [5, 5.41) is 13.3. The van der Waals surface area contributed by atoms with Crippen molar-refractivity contribution < 1.29 is 22.7 Å². The Bertz CT molecular complexity index is 1510. The fourth-order valence-corrected chi connectivity index (χ4v) is 3.76. The van der Waals surface area contributed by atoms with Crippen LogP contribution in [0.5, 0.6) is 0 Å². The van der Waals surface area contributed by atoms with Crippen LogP contribution in [0.1, 0.15) is 23.7 Å². The molecule has 0 unspecified atom stereocenters. The molecule has 0 amide bonds. The summed E-state index contributed by atoms with van der Waals surface area (Å²) in [5.74, 6) is 0. The molecule has 11 heteroatoms. The molecule has 0 saturated carbocycles. The average molecular weight is 481 g/mol. The summed E-state index contributed by atoms with van der Waals surface area (Å²) in [6.45, 7) is 3.07. The van der Waals surface area contributed by atoms with Crippen molar-refractivity contribution in [2.24, 2.45) is 0 Å². The maximum absolute atomic E-state index is 13.4. The second kappa shape index (κ2) is 8.98. The lowest BCUT2D eigenvalue weighted by Crippen LogP contribution is -2.30. The number of nitrogens with zero attached hydrogens (tertiary/aromatic N) is 5. The number of nitriles is 1. The minimum Gasteiger partial charge on any atom is -0.449 e. The molecule has 2 heterocycles. The number of carbonyl (C=O) groups excluding carboxylic acids is 1. The van der Waals surface area contributed by atoms with E-state index >= 15 is 0 Å². The Morgan fingerprint density at radius 3 is 2.46 bits per heavy atom. The van der Waals surface area contributed by atoms with Gasteiger partial charge in [-0.1, -0.05) is 6.07 Å². The first kappa shape index (κ1) is 23.6. The molecule has 0 bridgehead atoms. The van der Waals surface area contributed by atoms with Crippen LogP contribution >= 0.6 is 0 Å². The molecule has 8 nitrogen and oxygen atoms in total. The minimum absolute atomic E-state index is 0.0205. The number of alkyl halides is 3. The summed E-state index contributed by atoms with van der Waals surface area (Å²) < 4.78 is 48.3. The summed E-state index contributed by atoms with van der Waals surface area (Å²) in [7, 11) is 0. The van der Waals surface area contributed by atoms with Gasteiger partial charge in [-0.05, 0) is 62.4 Å². The zero-order valence-electron chi connectivity index (χ0n) is 18.6. The van der Waals surface area contributed by atoms with Gasteiger partial charge in [-0.25, -0.2) is 14.3 Å². The second-order valence-corrected chi connectivity index (χ2v) is 7.42. The predicted octanol–water partition coefficient (Wildman–Crippen LogP) is 4.70. The number of halogens is 3. The molecule has 35 heavy (non-hydrogen) atoms. The molecule has 0 aliphatic heterocycles. The van der Waals surface area contributed by atoms with Gasteiger partial charge in [0.1, 0.15) is 5.69 Å². The minimum atomic E-state index is -4.62. The van der Waals surface area contributed by atoms with Gasteiger partial charge in [-0.3, -0.25) is 4.57 Å². The Balaban J connectivity index is 1.98. The van der Waals surface area contributed by atoms with E-state index in [-0.39, 0.29) is 23.7 Å². The van der Waals surface area contributed by atoms with Crippen molar-refractivity contribution in [1.29, 1.82) is 5.26 Å². The third kappa shape index (κ3) is 4.21. The van der Waals surface area contributed by atoms with E-state index in [0.29, 0.717) is 16.9 Å². The van der Waals surface area contributed by atoms with Gasteiger partial charge in [0.25, 0.3) is 0 Å². The number of aromatic nitrogens is 4. The van der Waals surface area contributed by atoms with Crippen LogP contribution in [0, 0.1) is 18.3 Å². The number of benzene rings is 2. The van der Waals surface area contributed by atoms with Crippen molar-refractivity contribution in [3.05, 3.63) is 88.1 Å². The van der Waals surface area contributed by atoms with E-state index < -0.39 is 23.5 Å². The van der Waals surface area contributed by atoms with Crippen molar-refractivity contribution in [3.63, 3.8) is 0 Å². The van der Waals surface area contributed by atoms with Gasteiger partial charge in [0.2, 0.25) is 0 Å². The Labute approximate surface area is 197 Å². The molecule has 0 saturated heterocycles. The van der Waals surface area contributed by atoms with Crippen molar-refractivity contribution in [2.45, 2.75) is 20.0 Å². The molecule has 0 N–H and O–H groups in total.